The predicted molar refractivity (Wildman–Crippen MR) is 32.0 cm³/mol. The number of rotatable bonds is 0. The highest BCUT2D eigenvalue weighted by Gasteiger charge is 2.94. The van der Waals surface area contributed by atoms with Gasteiger partial charge in [-0.2, -0.15) is 0 Å². The first-order valence-corrected chi connectivity index (χ1v) is 2.89. The zero-order valence-corrected chi connectivity index (χ0v) is 5.24. The van der Waals surface area contributed by atoms with E-state index in [1.807, 2.05) is 0 Å². The van der Waals surface area contributed by atoms with Gasteiger partial charge in [0.25, 0.3) is 0 Å². The monoisotopic (exact) mass is 146 g/mol. The van der Waals surface area contributed by atoms with Crippen LogP contribution in [-0.2, 0) is 4.74 Å². The van der Waals surface area contributed by atoms with Crippen LogP contribution < -0.4 is 22.9 Å². The van der Waals surface area contributed by atoms with Crippen LogP contribution >= 0.6 is 0 Å². The van der Waals surface area contributed by atoms with Crippen molar-refractivity contribution in [2.75, 3.05) is 0 Å². The van der Waals surface area contributed by atoms with Gasteiger partial charge in [-0.05, 0) is 0 Å². The molecule has 10 heavy (non-hydrogen) atoms. The molecular formula is C4H10N4O2. The number of ether oxygens (including phenoxy) is 1. The van der Waals surface area contributed by atoms with E-state index in [1.165, 1.54) is 0 Å². The molecule has 2 rings (SSSR count). The lowest BCUT2D eigenvalue weighted by atomic mass is 10.1. The summed E-state index contributed by atoms with van der Waals surface area (Å²) in [4.78, 5) is 0. The van der Waals surface area contributed by atoms with E-state index in [2.05, 4.69) is 4.74 Å². The molecule has 1 saturated carbocycles. The number of aliphatic hydroxyl groups is 1. The minimum atomic E-state index is -1.29. The van der Waals surface area contributed by atoms with Crippen molar-refractivity contribution in [1.82, 2.24) is 0 Å². The molecule has 6 nitrogen and oxygen atoms in total. The van der Waals surface area contributed by atoms with Crippen molar-refractivity contribution in [3.05, 3.63) is 0 Å². The van der Waals surface area contributed by atoms with Gasteiger partial charge in [-0.1, -0.05) is 0 Å². The Hall–Kier alpha value is -0.240. The second-order valence-corrected chi connectivity index (χ2v) is 2.94. The SMILES string of the molecule is NC1(N)C2(N)OC(O)C12N. The maximum Gasteiger partial charge on any atom is 0.183 e. The van der Waals surface area contributed by atoms with Gasteiger partial charge in [-0.25, -0.2) is 0 Å². The summed E-state index contributed by atoms with van der Waals surface area (Å²) in [6.07, 6.45) is -1.13. The zero-order chi connectivity index (χ0) is 7.78. The number of fused-ring (bicyclic) bond motifs is 1. The van der Waals surface area contributed by atoms with Crippen molar-refractivity contribution in [1.29, 1.82) is 0 Å². The van der Waals surface area contributed by atoms with Crippen molar-refractivity contribution < 1.29 is 9.84 Å². The molecule has 0 radical (unpaired) electrons. The van der Waals surface area contributed by atoms with Gasteiger partial charge in [0.2, 0.25) is 0 Å². The first-order chi connectivity index (χ1) is 4.38. The average molecular weight is 146 g/mol. The highest BCUT2D eigenvalue weighted by molar-refractivity contribution is 5.45. The van der Waals surface area contributed by atoms with E-state index in [-0.39, 0.29) is 0 Å². The van der Waals surface area contributed by atoms with Gasteiger partial charge in [-0.15, -0.1) is 0 Å². The fourth-order valence-electron chi connectivity index (χ4n) is 1.45. The van der Waals surface area contributed by atoms with Crippen LogP contribution in [-0.4, -0.2) is 28.3 Å². The molecule has 0 aromatic carbocycles. The summed E-state index contributed by atoms with van der Waals surface area (Å²) in [5, 5.41) is 8.93. The van der Waals surface area contributed by atoms with E-state index >= 15 is 0 Å². The van der Waals surface area contributed by atoms with E-state index in [0.717, 1.165) is 0 Å². The van der Waals surface area contributed by atoms with Crippen molar-refractivity contribution in [2.24, 2.45) is 22.9 Å². The summed E-state index contributed by atoms with van der Waals surface area (Å²) >= 11 is 0. The van der Waals surface area contributed by atoms with E-state index < -0.39 is 23.2 Å². The first kappa shape index (κ1) is 6.47. The standard InChI is InChI=1S/C4H10N4O2/c5-2-1(9)10-4(2,8)3(2,6)7/h1,9H,5-8H2. The summed E-state index contributed by atoms with van der Waals surface area (Å²) in [7, 11) is 0. The second kappa shape index (κ2) is 1.11. The molecule has 1 aliphatic carbocycles. The van der Waals surface area contributed by atoms with E-state index in [9.17, 15) is 0 Å². The smallest absolute Gasteiger partial charge is 0.183 e. The molecule has 1 saturated heterocycles. The quantitative estimate of drug-likeness (QED) is 0.223. The van der Waals surface area contributed by atoms with Crippen molar-refractivity contribution in [2.45, 2.75) is 23.2 Å². The molecule has 0 bridgehead atoms. The fourth-order valence-corrected chi connectivity index (χ4v) is 1.45. The van der Waals surface area contributed by atoms with E-state index in [1.54, 1.807) is 0 Å². The van der Waals surface area contributed by atoms with Gasteiger partial charge < -0.3 is 27.0 Å². The van der Waals surface area contributed by atoms with Crippen LogP contribution in [0.1, 0.15) is 0 Å². The zero-order valence-electron chi connectivity index (χ0n) is 5.24. The van der Waals surface area contributed by atoms with Crippen LogP contribution in [0.3, 0.4) is 0 Å². The van der Waals surface area contributed by atoms with Gasteiger partial charge in [0.1, 0.15) is 11.2 Å². The largest absolute Gasteiger partial charge is 0.366 e. The van der Waals surface area contributed by atoms with Gasteiger partial charge >= 0.3 is 0 Å². The number of hydrogen-bond donors (Lipinski definition) is 5. The molecule has 0 amide bonds. The Kier molecular flexibility index (Phi) is 0.721. The molecule has 3 unspecified atom stereocenters. The number of aliphatic hydroxyl groups excluding tert-OH is 1. The summed E-state index contributed by atoms with van der Waals surface area (Å²) in [6, 6.07) is 0. The normalized spacial score (nSPS) is 62.7. The first-order valence-electron chi connectivity index (χ1n) is 2.89. The topological polar surface area (TPSA) is 134 Å². The molecule has 1 heterocycles. The van der Waals surface area contributed by atoms with E-state index in [0.29, 0.717) is 0 Å². The van der Waals surface area contributed by atoms with Gasteiger partial charge in [0, 0.05) is 0 Å². The molecular weight excluding hydrogens is 136 g/mol. The molecule has 2 fully saturated rings. The Balaban J connectivity index is 2.37. The third kappa shape index (κ3) is 0.277. The number of hydrogen-bond acceptors (Lipinski definition) is 6. The van der Waals surface area contributed by atoms with Gasteiger partial charge in [0.05, 0.1) is 0 Å². The lowest BCUT2D eigenvalue weighted by Crippen LogP contribution is -2.63. The molecule has 6 heteroatoms. The summed E-state index contributed by atoms with van der Waals surface area (Å²) < 4.78 is 4.68. The summed E-state index contributed by atoms with van der Waals surface area (Å²) in [5.74, 6) is 0. The molecule has 2 aliphatic rings. The Bertz CT molecular complexity index is 196. The minimum Gasteiger partial charge on any atom is -0.366 e. The Morgan fingerprint density at radius 1 is 1.20 bits per heavy atom. The molecule has 0 aromatic heterocycles. The highest BCUT2D eigenvalue weighted by Crippen LogP contribution is 2.60. The third-order valence-corrected chi connectivity index (χ3v) is 2.54. The van der Waals surface area contributed by atoms with Crippen LogP contribution in [0.2, 0.25) is 0 Å². The number of nitrogens with two attached hydrogens (primary N) is 4. The van der Waals surface area contributed by atoms with Crippen molar-refractivity contribution in [3.8, 4) is 0 Å². The molecule has 0 aromatic rings. The van der Waals surface area contributed by atoms with Crippen LogP contribution in [0.15, 0.2) is 0 Å². The molecule has 58 valence electrons. The Morgan fingerprint density at radius 2 is 1.70 bits per heavy atom. The lowest BCUT2D eigenvalue weighted by molar-refractivity contribution is -0.246. The Labute approximate surface area is 57.1 Å². The average Bonchev–Trinajstić information content (AvgIpc) is 2.08. The van der Waals surface area contributed by atoms with Crippen LogP contribution in [0.4, 0.5) is 0 Å². The summed E-state index contributed by atoms with van der Waals surface area (Å²) in [5.41, 5.74) is 18.1. The fraction of sp³-hybridized carbons (Fsp3) is 1.00. The van der Waals surface area contributed by atoms with Gasteiger partial charge in [-0.3, -0.25) is 5.73 Å². The van der Waals surface area contributed by atoms with Crippen molar-refractivity contribution in [3.63, 3.8) is 0 Å². The summed E-state index contributed by atoms with van der Waals surface area (Å²) in [6.45, 7) is 0. The van der Waals surface area contributed by atoms with Crippen LogP contribution in [0, 0.1) is 0 Å². The minimum absolute atomic E-state index is 1.13. The lowest BCUT2D eigenvalue weighted by Gasteiger charge is -2.33. The maximum atomic E-state index is 8.93. The van der Waals surface area contributed by atoms with Gasteiger partial charge in [0.15, 0.2) is 12.0 Å². The van der Waals surface area contributed by atoms with Crippen LogP contribution in [0.25, 0.3) is 0 Å². The van der Waals surface area contributed by atoms with Crippen molar-refractivity contribution >= 4 is 0 Å². The van der Waals surface area contributed by atoms with Crippen LogP contribution in [0.5, 0.6) is 0 Å². The molecule has 3 atom stereocenters. The molecule has 1 aliphatic heterocycles. The third-order valence-electron chi connectivity index (χ3n) is 2.54. The molecule has 9 N–H and O–H groups in total. The highest BCUT2D eigenvalue weighted by atomic mass is 16.7. The molecule has 0 spiro atoms. The Morgan fingerprint density at radius 3 is 1.70 bits per heavy atom. The van der Waals surface area contributed by atoms with E-state index in [4.69, 9.17) is 28.0 Å². The maximum absolute atomic E-state index is 8.93. The predicted octanol–water partition coefficient (Wildman–Crippen LogP) is -3.69. The second-order valence-electron chi connectivity index (χ2n) is 2.94.